The number of nitrogen functional groups attached to an aromatic ring is 1. The molecule has 0 amide bonds. The minimum Gasteiger partial charge on any atom is -0.399 e. The molecule has 1 aromatic rings. The van der Waals surface area contributed by atoms with Crippen molar-refractivity contribution < 1.29 is 0 Å². The molecule has 1 aromatic carbocycles. The third-order valence-corrected chi connectivity index (χ3v) is 3.45. The van der Waals surface area contributed by atoms with Crippen LogP contribution in [-0.4, -0.2) is 24.5 Å². The summed E-state index contributed by atoms with van der Waals surface area (Å²) in [6, 6.07) is 8.17. The van der Waals surface area contributed by atoms with Gasteiger partial charge in [-0.1, -0.05) is 18.1 Å². The molecule has 0 spiro atoms. The molecule has 2 nitrogen and oxygen atoms in total. The molecule has 1 aliphatic rings. The first kappa shape index (κ1) is 13.0. The Morgan fingerprint density at radius 1 is 1.28 bits per heavy atom. The Balaban J connectivity index is 1.71. The molecule has 0 saturated heterocycles. The Kier molecular flexibility index (Phi) is 4.66. The van der Waals surface area contributed by atoms with Crippen molar-refractivity contribution >= 4 is 5.69 Å². The minimum absolute atomic E-state index is 0.790. The number of anilines is 1. The minimum atomic E-state index is 0.790. The van der Waals surface area contributed by atoms with Crippen molar-refractivity contribution in [1.82, 2.24) is 4.90 Å². The number of terminal acetylenes is 1. The van der Waals surface area contributed by atoms with E-state index in [0.29, 0.717) is 0 Å². The Hall–Kier alpha value is -1.46. The van der Waals surface area contributed by atoms with Gasteiger partial charge in [0.1, 0.15) is 0 Å². The van der Waals surface area contributed by atoms with Gasteiger partial charge in [-0.15, -0.1) is 6.42 Å². The Morgan fingerprint density at radius 2 is 2.00 bits per heavy atom. The number of nitrogens with two attached hydrogens (primary N) is 1. The first-order valence-corrected chi connectivity index (χ1v) is 6.78. The van der Waals surface area contributed by atoms with Crippen LogP contribution in [0.2, 0.25) is 0 Å². The smallest absolute Gasteiger partial charge is 0.0599 e. The summed E-state index contributed by atoms with van der Waals surface area (Å²) in [6.07, 6.45) is 10.5. The van der Waals surface area contributed by atoms with Crippen molar-refractivity contribution in [2.45, 2.75) is 25.7 Å². The van der Waals surface area contributed by atoms with E-state index in [-0.39, 0.29) is 0 Å². The monoisotopic (exact) mass is 242 g/mol. The first-order chi connectivity index (χ1) is 8.78. The van der Waals surface area contributed by atoms with E-state index in [2.05, 4.69) is 23.0 Å². The molecule has 0 bridgehead atoms. The summed E-state index contributed by atoms with van der Waals surface area (Å²) in [7, 11) is 0. The molecular weight excluding hydrogens is 220 g/mol. The summed E-state index contributed by atoms with van der Waals surface area (Å²) in [5.74, 6) is 3.68. The largest absolute Gasteiger partial charge is 0.399 e. The van der Waals surface area contributed by atoms with E-state index >= 15 is 0 Å². The van der Waals surface area contributed by atoms with E-state index < -0.39 is 0 Å². The van der Waals surface area contributed by atoms with Crippen molar-refractivity contribution in [3.8, 4) is 12.3 Å². The highest BCUT2D eigenvalue weighted by atomic mass is 15.1. The van der Waals surface area contributed by atoms with Gasteiger partial charge < -0.3 is 5.73 Å². The summed E-state index contributed by atoms with van der Waals surface area (Å²) in [5, 5.41) is 0. The Labute approximate surface area is 110 Å². The summed E-state index contributed by atoms with van der Waals surface area (Å²) in [5.41, 5.74) is 7.87. The maximum Gasteiger partial charge on any atom is 0.0599 e. The molecule has 18 heavy (non-hydrogen) atoms. The molecule has 0 unspecified atom stereocenters. The fraction of sp³-hybridized carbons (Fsp3) is 0.500. The molecule has 1 saturated carbocycles. The normalized spacial score (nSPS) is 14.7. The Bertz CT molecular complexity index is 398. The molecule has 0 atom stereocenters. The molecule has 0 aromatic heterocycles. The quantitative estimate of drug-likeness (QED) is 0.588. The lowest BCUT2D eigenvalue weighted by Gasteiger charge is -2.19. The van der Waals surface area contributed by atoms with Gasteiger partial charge in [0.15, 0.2) is 0 Å². The molecule has 96 valence electrons. The average Bonchev–Trinajstić information content (AvgIpc) is 3.16. The second-order valence-electron chi connectivity index (χ2n) is 5.23. The van der Waals surface area contributed by atoms with Crippen molar-refractivity contribution in [3.05, 3.63) is 29.8 Å². The van der Waals surface area contributed by atoms with Gasteiger partial charge in [0, 0.05) is 12.2 Å². The lowest BCUT2D eigenvalue weighted by molar-refractivity contribution is 0.291. The van der Waals surface area contributed by atoms with Crippen molar-refractivity contribution in [3.63, 3.8) is 0 Å². The number of hydrogen-bond donors (Lipinski definition) is 1. The fourth-order valence-corrected chi connectivity index (χ4v) is 2.22. The molecular formula is C16H22N2. The van der Waals surface area contributed by atoms with Gasteiger partial charge in [0.05, 0.1) is 6.54 Å². The zero-order valence-electron chi connectivity index (χ0n) is 10.9. The van der Waals surface area contributed by atoms with Crippen LogP contribution in [0.4, 0.5) is 5.69 Å². The molecule has 2 rings (SSSR count). The van der Waals surface area contributed by atoms with Crippen LogP contribution < -0.4 is 5.73 Å². The van der Waals surface area contributed by atoms with Gasteiger partial charge in [-0.3, -0.25) is 4.90 Å². The van der Waals surface area contributed by atoms with E-state index in [1.807, 2.05) is 12.1 Å². The highest BCUT2D eigenvalue weighted by molar-refractivity contribution is 5.39. The zero-order chi connectivity index (χ0) is 12.8. The Morgan fingerprint density at radius 3 is 2.61 bits per heavy atom. The van der Waals surface area contributed by atoms with Crippen LogP contribution in [0.3, 0.4) is 0 Å². The molecule has 1 aliphatic carbocycles. The van der Waals surface area contributed by atoms with Crippen LogP contribution in [0.5, 0.6) is 0 Å². The van der Waals surface area contributed by atoms with Crippen molar-refractivity contribution in [2.24, 2.45) is 5.92 Å². The number of aryl methyl sites for hydroxylation is 1. The zero-order valence-corrected chi connectivity index (χ0v) is 10.9. The van der Waals surface area contributed by atoms with Gasteiger partial charge >= 0.3 is 0 Å². The molecule has 2 heteroatoms. The van der Waals surface area contributed by atoms with Crippen LogP contribution >= 0.6 is 0 Å². The van der Waals surface area contributed by atoms with Gasteiger partial charge in [-0.2, -0.15) is 0 Å². The summed E-state index contributed by atoms with van der Waals surface area (Å²) >= 11 is 0. The van der Waals surface area contributed by atoms with Gasteiger partial charge in [0.25, 0.3) is 0 Å². The highest BCUT2D eigenvalue weighted by Gasteiger charge is 2.23. The van der Waals surface area contributed by atoms with E-state index in [1.165, 1.54) is 24.9 Å². The highest BCUT2D eigenvalue weighted by Crippen LogP contribution is 2.29. The SMILES string of the molecule is C#CCN(CCCc1ccc(N)cc1)CC1CC1. The van der Waals surface area contributed by atoms with E-state index in [0.717, 1.165) is 37.5 Å². The fourth-order valence-electron chi connectivity index (χ4n) is 2.22. The molecule has 2 N–H and O–H groups in total. The first-order valence-electron chi connectivity index (χ1n) is 6.78. The molecule has 0 radical (unpaired) electrons. The van der Waals surface area contributed by atoms with E-state index in [9.17, 15) is 0 Å². The van der Waals surface area contributed by atoms with E-state index in [4.69, 9.17) is 12.2 Å². The van der Waals surface area contributed by atoms with Crippen molar-refractivity contribution in [1.29, 1.82) is 0 Å². The summed E-state index contributed by atoms with van der Waals surface area (Å²) in [4.78, 5) is 2.41. The van der Waals surface area contributed by atoms with Crippen molar-refractivity contribution in [2.75, 3.05) is 25.4 Å². The van der Waals surface area contributed by atoms with Crippen LogP contribution in [0, 0.1) is 18.3 Å². The average molecular weight is 242 g/mol. The number of rotatable bonds is 7. The molecule has 0 heterocycles. The molecule has 1 fully saturated rings. The predicted octanol–water partition coefficient (Wildman–Crippen LogP) is 2.55. The maximum atomic E-state index is 5.67. The topological polar surface area (TPSA) is 29.3 Å². The van der Waals surface area contributed by atoms with E-state index in [1.54, 1.807) is 0 Å². The second-order valence-corrected chi connectivity index (χ2v) is 5.23. The molecule has 0 aliphatic heterocycles. The van der Waals surface area contributed by atoms with Crippen LogP contribution in [0.25, 0.3) is 0 Å². The third-order valence-electron chi connectivity index (χ3n) is 3.45. The summed E-state index contributed by atoms with van der Waals surface area (Å²) in [6.45, 7) is 3.08. The number of nitrogens with zero attached hydrogens (tertiary/aromatic N) is 1. The van der Waals surface area contributed by atoms with Crippen LogP contribution in [-0.2, 0) is 6.42 Å². The third kappa shape index (κ3) is 4.43. The maximum absolute atomic E-state index is 5.67. The van der Waals surface area contributed by atoms with Gasteiger partial charge in [0.2, 0.25) is 0 Å². The number of hydrogen-bond acceptors (Lipinski definition) is 2. The standard InChI is InChI=1S/C16H22N2/c1-2-11-18(13-15-5-6-15)12-3-4-14-7-9-16(17)10-8-14/h1,7-10,15H,3-6,11-13,17H2. The predicted molar refractivity (Wildman–Crippen MR) is 77.2 cm³/mol. The van der Waals surface area contributed by atoms with Crippen LogP contribution in [0.15, 0.2) is 24.3 Å². The summed E-state index contributed by atoms with van der Waals surface area (Å²) < 4.78 is 0. The lowest BCUT2D eigenvalue weighted by atomic mass is 10.1. The lowest BCUT2D eigenvalue weighted by Crippen LogP contribution is -2.27. The van der Waals surface area contributed by atoms with Gasteiger partial charge in [-0.05, 0) is 55.8 Å². The number of benzene rings is 1. The van der Waals surface area contributed by atoms with Crippen LogP contribution in [0.1, 0.15) is 24.8 Å². The van der Waals surface area contributed by atoms with Gasteiger partial charge in [-0.25, -0.2) is 0 Å². The second kappa shape index (κ2) is 6.47.